The molecule has 21 heavy (non-hydrogen) atoms. The van der Waals surface area contributed by atoms with E-state index in [0.29, 0.717) is 19.8 Å². The van der Waals surface area contributed by atoms with Crippen LogP contribution in [0, 0.1) is 17.0 Å². The first kappa shape index (κ1) is 14.3. The Hall–Kier alpha value is -1.60. The summed E-state index contributed by atoms with van der Waals surface area (Å²) in [5.41, 5.74) is -0.318. The lowest BCUT2D eigenvalue weighted by Crippen LogP contribution is -2.49. The molecule has 5 nitrogen and oxygen atoms in total. The van der Waals surface area contributed by atoms with Crippen LogP contribution in [0.1, 0.15) is 18.4 Å². The molecule has 3 heterocycles. The van der Waals surface area contributed by atoms with Crippen molar-refractivity contribution in [2.45, 2.75) is 25.4 Å². The maximum Gasteiger partial charge on any atom is 0.237 e. The highest BCUT2D eigenvalue weighted by Gasteiger charge is 2.48. The van der Waals surface area contributed by atoms with Crippen molar-refractivity contribution >= 4 is 5.91 Å². The molecule has 114 valence electrons. The highest BCUT2D eigenvalue weighted by molar-refractivity contribution is 5.85. The smallest absolute Gasteiger partial charge is 0.237 e. The summed E-state index contributed by atoms with van der Waals surface area (Å²) in [6.45, 7) is 1.74. The largest absolute Gasteiger partial charge is 0.381 e. The van der Waals surface area contributed by atoms with Crippen molar-refractivity contribution in [3.05, 3.63) is 29.6 Å². The van der Waals surface area contributed by atoms with Gasteiger partial charge in [0.05, 0.1) is 18.4 Å². The first-order valence-corrected chi connectivity index (χ1v) is 6.99. The van der Waals surface area contributed by atoms with Gasteiger partial charge in [0.15, 0.2) is 0 Å². The van der Waals surface area contributed by atoms with Crippen LogP contribution in [-0.2, 0) is 16.1 Å². The third kappa shape index (κ3) is 2.63. The fourth-order valence-corrected chi connectivity index (χ4v) is 3.11. The van der Waals surface area contributed by atoms with Crippen LogP contribution < -0.4 is 10.6 Å². The summed E-state index contributed by atoms with van der Waals surface area (Å²) in [6, 6.07) is -0.451. The zero-order chi connectivity index (χ0) is 14.9. The Morgan fingerprint density at radius 2 is 2.00 bits per heavy atom. The van der Waals surface area contributed by atoms with Gasteiger partial charge in [0, 0.05) is 37.3 Å². The molecule has 1 amide bonds. The molecule has 3 rings (SSSR count). The van der Waals surface area contributed by atoms with Crippen LogP contribution in [0.15, 0.2) is 12.4 Å². The number of pyridine rings is 1. The van der Waals surface area contributed by atoms with Crippen LogP contribution >= 0.6 is 0 Å². The zero-order valence-corrected chi connectivity index (χ0v) is 11.5. The molecule has 7 heteroatoms. The number of carbonyl (C=O) groups is 1. The first-order chi connectivity index (χ1) is 10.1. The van der Waals surface area contributed by atoms with Gasteiger partial charge in [-0.05, 0) is 12.8 Å². The zero-order valence-electron chi connectivity index (χ0n) is 11.5. The minimum atomic E-state index is -0.707. The Morgan fingerprint density at radius 3 is 2.67 bits per heavy atom. The van der Waals surface area contributed by atoms with Crippen LogP contribution in [0.4, 0.5) is 8.78 Å². The predicted molar refractivity (Wildman–Crippen MR) is 70.3 cm³/mol. The number of amides is 1. The molecule has 0 saturated carbocycles. The molecule has 1 aromatic heterocycles. The van der Waals surface area contributed by atoms with Gasteiger partial charge in [0.2, 0.25) is 5.91 Å². The molecule has 0 radical (unpaired) electrons. The monoisotopic (exact) mass is 297 g/mol. The summed E-state index contributed by atoms with van der Waals surface area (Å²) in [4.78, 5) is 15.5. The third-order valence-electron chi connectivity index (χ3n) is 4.41. The molecule has 2 N–H and O–H groups in total. The van der Waals surface area contributed by atoms with E-state index in [2.05, 4.69) is 15.6 Å². The number of ether oxygens (including phenoxy) is 1. The van der Waals surface area contributed by atoms with Gasteiger partial charge in [0.25, 0.3) is 0 Å². The van der Waals surface area contributed by atoms with Crippen molar-refractivity contribution in [2.24, 2.45) is 5.41 Å². The number of hydrogen-bond donors (Lipinski definition) is 2. The summed E-state index contributed by atoms with van der Waals surface area (Å²) in [5, 5.41) is 5.85. The molecule has 1 unspecified atom stereocenters. The second kappa shape index (κ2) is 5.65. The average Bonchev–Trinajstić information content (AvgIpc) is 2.76. The van der Waals surface area contributed by atoms with Crippen LogP contribution in [0.25, 0.3) is 0 Å². The Morgan fingerprint density at radius 1 is 1.33 bits per heavy atom. The van der Waals surface area contributed by atoms with E-state index >= 15 is 0 Å². The SMILES string of the molecule is O=C1NCC2(CCOCC2)C1NCc1c(F)cncc1F. The van der Waals surface area contributed by atoms with Gasteiger partial charge in [0.1, 0.15) is 11.6 Å². The Labute approximate surface area is 121 Å². The number of aromatic nitrogens is 1. The molecule has 0 bridgehead atoms. The molecule has 1 atom stereocenters. The van der Waals surface area contributed by atoms with Crippen LogP contribution in [0.3, 0.4) is 0 Å². The summed E-state index contributed by atoms with van der Waals surface area (Å²) < 4.78 is 32.5. The minimum Gasteiger partial charge on any atom is -0.381 e. The number of nitrogens with one attached hydrogen (secondary N) is 2. The molecule has 0 aliphatic carbocycles. The highest BCUT2D eigenvalue weighted by atomic mass is 19.1. The second-order valence-electron chi connectivity index (χ2n) is 5.59. The van der Waals surface area contributed by atoms with Gasteiger partial charge in [-0.25, -0.2) is 8.78 Å². The van der Waals surface area contributed by atoms with Crippen molar-refractivity contribution in [1.82, 2.24) is 15.6 Å². The summed E-state index contributed by atoms with van der Waals surface area (Å²) >= 11 is 0. The van der Waals surface area contributed by atoms with E-state index in [-0.39, 0.29) is 23.4 Å². The fraction of sp³-hybridized carbons (Fsp3) is 0.571. The number of hydrogen-bond acceptors (Lipinski definition) is 4. The third-order valence-corrected chi connectivity index (χ3v) is 4.41. The Balaban J connectivity index is 1.75. The van der Waals surface area contributed by atoms with E-state index in [0.717, 1.165) is 25.2 Å². The van der Waals surface area contributed by atoms with Gasteiger partial charge < -0.3 is 15.4 Å². The summed E-state index contributed by atoms with van der Waals surface area (Å²) in [7, 11) is 0. The topological polar surface area (TPSA) is 63.2 Å². The van der Waals surface area contributed by atoms with E-state index in [4.69, 9.17) is 4.74 Å². The normalized spacial score (nSPS) is 24.3. The van der Waals surface area contributed by atoms with E-state index < -0.39 is 17.7 Å². The summed E-state index contributed by atoms with van der Waals surface area (Å²) in [6.07, 6.45) is 3.45. The fourth-order valence-electron chi connectivity index (χ4n) is 3.11. The molecule has 2 aliphatic heterocycles. The molecule has 2 aliphatic rings. The Kier molecular flexibility index (Phi) is 3.86. The maximum absolute atomic E-state index is 13.6. The number of rotatable bonds is 3. The number of carbonyl (C=O) groups excluding carboxylic acids is 1. The maximum atomic E-state index is 13.6. The molecular weight excluding hydrogens is 280 g/mol. The molecule has 1 aromatic rings. The summed E-state index contributed by atoms with van der Waals surface area (Å²) in [5.74, 6) is -1.53. The molecule has 1 spiro atoms. The van der Waals surface area contributed by atoms with Crippen LogP contribution in [0.2, 0.25) is 0 Å². The van der Waals surface area contributed by atoms with Gasteiger partial charge in [-0.1, -0.05) is 0 Å². The lowest BCUT2D eigenvalue weighted by atomic mass is 9.76. The van der Waals surface area contributed by atoms with Crippen LogP contribution in [-0.4, -0.2) is 36.7 Å². The lowest BCUT2D eigenvalue weighted by molar-refractivity contribution is -0.122. The lowest BCUT2D eigenvalue weighted by Gasteiger charge is -2.36. The average molecular weight is 297 g/mol. The molecule has 2 fully saturated rings. The van der Waals surface area contributed by atoms with E-state index in [1.54, 1.807) is 0 Å². The van der Waals surface area contributed by atoms with E-state index in [1.807, 2.05) is 0 Å². The number of halogens is 2. The van der Waals surface area contributed by atoms with E-state index in [9.17, 15) is 13.6 Å². The standard InChI is InChI=1S/C14H17F2N3O2/c15-10-6-17-7-11(16)9(10)5-18-12-13(20)19-8-14(12)1-3-21-4-2-14/h6-7,12,18H,1-5,8H2,(H,19,20). The molecule has 0 aromatic carbocycles. The van der Waals surface area contributed by atoms with Crippen LogP contribution in [0.5, 0.6) is 0 Å². The first-order valence-electron chi connectivity index (χ1n) is 6.99. The van der Waals surface area contributed by atoms with Gasteiger partial charge in [-0.3, -0.25) is 9.78 Å². The second-order valence-corrected chi connectivity index (χ2v) is 5.59. The predicted octanol–water partition coefficient (Wildman–Crippen LogP) is 0.745. The van der Waals surface area contributed by atoms with Crippen molar-refractivity contribution in [2.75, 3.05) is 19.8 Å². The van der Waals surface area contributed by atoms with Gasteiger partial charge in [-0.15, -0.1) is 0 Å². The molecule has 2 saturated heterocycles. The van der Waals surface area contributed by atoms with Gasteiger partial charge >= 0.3 is 0 Å². The quantitative estimate of drug-likeness (QED) is 0.864. The highest BCUT2D eigenvalue weighted by Crippen LogP contribution is 2.37. The van der Waals surface area contributed by atoms with Gasteiger partial charge in [-0.2, -0.15) is 0 Å². The molecular formula is C14H17F2N3O2. The minimum absolute atomic E-state index is 0.0408. The van der Waals surface area contributed by atoms with Crippen molar-refractivity contribution in [1.29, 1.82) is 0 Å². The van der Waals surface area contributed by atoms with Crippen molar-refractivity contribution in [3.8, 4) is 0 Å². The number of nitrogens with zero attached hydrogens (tertiary/aromatic N) is 1. The van der Waals surface area contributed by atoms with E-state index in [1.165, 1.54) is 0 Å². The van der Waals surface area contributed by atoms with Crippen molar-refractivity contribution in [3.63, 3.8) is 0 Å². The van der Waals surface area contributed by atoms with Crippen molar-refractivity contribution < 1.29 is 18.3 Å². The Bertz CT molecular complexity index is 527.